The molecule has 0 atom stereocenters. The number of anilines is 1. The van der Waals surface area contributed by atoms with Crippen molar-refractivity contribution >= 4 is 22.8 Å². The number of Topliss-reactive ketones (excluding diaryl/α,β-unsaturated/α-hetero) is 1. The first-order valence-corrected chi connectivity index (χ1v) is 11.5. The maximum absolute atomic E-state index is 13.0. The average molecular weight is 436 g/mol. The summed E-state index contributed by atoms with van der Waals surface area (Å²) in [6, 6.07) is 8.08. The van der Waals surface area contributed by atoms with Crippen LogP contribution in [0.15, 0.2) is 35.3 Å². The summed E-state index contributed by atoms with van der Waals surface area (Å²) in [5, 5.41) is 4.87. The molecule has 1 fully saturated rings. The highest BCUT2D eigenvalue weighted by Crippen LogP contribution is 2.26. The quantitative estimate of drug-likeness (QED) is 0.608. The summed E-state index contributed by atoms with van der Waals surface area (Å²) in [4.78, 5) is 35.3. The molecule has 7 heteroatoms. The molecule has 170 valence electrons. The van der Waals surface area contributed by atoms with E-state index in [9.17, 15) is 9.59 Å². The van der Waals surface area contributed by atoms with Crippen LogP contribution in [0.1, 0.15) is 63.4 Å². The van der Waals surface area contributed by atoms with Crippen LogP contribution in [-0.4, -0.2) is 38.6 Å². The smallest absolute Gasteiger partial charge is 0.263 e. The molecule has 1 aliphatic heterocycles. The second kappa shape index (κ2) is 8.52. The minimum atomic E-state index is -0.274. The number of hydrogen-bond acceptors (Lipinski definition) is 5. The van der Waals surface area contributed by atoms with Crippen molar-refractivity contribution < 1.29 is 4.79 Å². The monoisotopic (exact) mass is 435 g/mol. The van der Waals surface area contributed by atoms with E-state index in [2.05, 4.69) is 41.0 Å². The molecule has 1 aromatic carbocycles. The normalized spacial score (nSPS) is 15.6. The molecule has 3 aromatic rings. The molecule has 0 bridgehead atoms. The lowest BCUT2D eigenvalue weighted by Crippen LogP contribution is -2.38. The highest BCUT2D eigenvalue weighted by molar-refractivity contribution is 5.98. The Morgan fingerprint density at radius 1 is 1.16 bits per heavy atom. The molecule has 4 rings (SSSR count). The number of benzene rings is 1. The molecule has 0 aliphatic carbocycles. The topological polar surface area (TPSA) is 83.9 Å². The number of nitrogens with one attached hydrogen (secondary N) is 1. The van der Waals surface area contributed by atoms with Crippen molar-refractivity contribution in [2.45, 2.75) is 59.4 Å². The number of carbonyl (C=O) groups excluding carboxylic acids is 1. The molecule has 32 heavy (non-hydrogen) atoms. The Bertz CT molecular complexity index is 1160. The number of nitrogens with zero attached hydrogens (tertiary/aromatic N) is 4. The van der Waals surface area contributed by atoms with Crippen LogP contribution in [0.2, 0.25) is 0 Å². The Labute approximate surface area is 188 Å². The Balaban J connectivity index is 1.47. The van der Waals surface area contributed by atoms with Gasteiger partial charge in [0.25, 0.3) is 5.56 Å². The molecular weight excluding hydrogens is 402 g/mol. The van der Waals surface area contributed by atoms with Crippen LogP contribution in [0.3, 0.4) is 0 Å². The van der Waals surface area contributed by atoms with Crippen molar-refractivity contribution in [3.63, 3.8) is 0 Å². The van der Waals surface area contributed by atoms with E-state index >= 15 is 0 Å². The van der Waals surface area contributed by atoms with Crippen molar-refractivity contribution in [1.82, 2.24) is 19.7 Å². The van der Waals surface area contributed by atoms with Crippen LogP contribution in [0.25, 0.3) is 11.0 Å². The minimum absolute atomic E-state index is 0.00208. The molecule has 0 saturated carbocycles. The molecule has 3 heterocycles. The van der Waals surface area contributed by atoms with Crippen LogP contribution in [-0.2, 0) is 12.0 Å². The number of H-pyrrole nitrogens is 1. The van der Waals surface area contributed by atoms with Gasteiger partial charge in [-0.05, 0) is 51.5 Å². The third-order valence-electron chi connectivity index (χ3n) is 6.11. The zero-order valence-corrected chi connectivity index (χ0v) is 19.7. The van der Waals surface area contributed by atoms with Gasteiger partial charge in [0.1, 0.15) is 5.39 Å². The fourth-order valence-corrected chi connectivity index (χ4v) is 4.41. The van der Waals surface area contributed by atoms with Crippen molar-refractivity contribution in [1.29, 1.82) is 0 Å². The number of fused-ring (bicyclic) bond motifs is 1. The Kier molecular flexibility index (Phi) is 5.93. The number of hydrogen-bond donors (Lipinski definition) is 1. The molecule has 1 saturated heterocycles. The summed E-state index contributed by atoms with van der Waals surface area (Å²) in [6.07, 6.45) is 4.09. The third kappa shape index (κ3) is 4.47. The Morgan fingerprint density at radius 3 is 2.41 bits per heavy atom. The second-order valence-corrected chi connectivity index (χ2v) is 10.3. The molecule has 0 radical (unpaired) electrons. The first-order valence-electron chi connectivity index (χ1n) is 11.5. The maximum Gasteiger partial charge on any atom is 0.263 e. The lowest BCUT2D eigenvalue weighted by atomic mass is 9.88. The van der Waals surface area contributed by atoms with Gasteiger partial charge in [-0.25, -0.2) is 4.68 Å². The predicted molar refractivity (Wildman–Crippen MR) is 127 cm³/mol. The van der Waals surface area contributed by atoms with Gasteiger partial charge in [-0.2, -0.15) is 10.1 Å². The maximum atomic E-state index is 13.0. The molecule has 2 aromatic heterocycles. The van der Waals surface area contributed by atoms with Gasteiger partial charge in [0.2, 0.25) is 5.95 Å². The molecular formula is C25H33N5O2. The minimum Gasteiger partial charge on any atom is -0.342 e. The van der Waals surface area contributed by atoms with Gasteiger partial charge in [-0.15, -0.1) is 0 Å². The van der Waals surface area contributed by atoms with E-state index in [0.717, 1.165) is 24.8 Å². The largest absolute Gasteiger partial charge is 0.342 e. The van der Waals surface area contributed by atoms with Crippen molar-refractivity contribution in [2.75, 3.05) is 18.0 Å². The van der Waals surface area contributed by atoms with Crippen LogP contribution < -0.4 is 10.5 Å². The lowest BCUT2D eigenvalue weighted by molar-refractivity contribution is 0.0900. The van der Waals surface area contributed by atoms with Gasteiger partial charge in [-0.3, -0.25) is 14.6 Å². The number of aromatic nitrogens is 4. The zero-order chi connectivity index (χ0) is 23.0. The summed E-state index contributed by atoms with van der Waals surface area (Å²) in [7, 11) is 0. The fraction of sp³-hybridized carbons (Fsp3) is 0.520. The zero-order valence-electron chi connectivity index (χ0n) is 19.7. The molecule has 0 unspecified atom stereocenters. The van der Waals surface area contributed by atoms with Crippen molar-refractivity contribution in [3.05, 3.63) is 51.9 Å². The van der Waals surface area contributed by atoms with E-state index in [0.29, 0.717) is 36.0 Å². The van der Waals surface area contributed by atoms with Gasteiger partial charge in [0, 0.05) is 24.6 Å². The van der Waals surface area contributed by atoms with Crippen LogP contribution in [0, 0.1) is 11.8 Å². The number of aromatic amines is 1. The van der Waals surface area contributed by atoms with Gasteiger partial charge >= 0.3 is 0 Å². The molecule has 1 aliphatic rings. The van der Waals surface area contributed by atoms with Gasteiger partial charge < -0.3 is 4.90 Å². The number of ketones is 1. The summed E-state index contributed by atoms with van der Waals surface area (Å²) in [5.41, 5.74) is 2.20. The SMILES string of the molecule is CC(C)Cc1ccc(C(=O)C2CCN(c3nc4c(cnn4C(C)(C)C)c(=O)[nH]3)CC2)cc1. The fourth-order valence-electron chi connectivity index (χ4n) is 4.41. The van der Waals surface area contributed by atoms with Crippen LogP contribution in [0.5, 0.6) is 0 Å². The van der Waals surface area contributed by atoms with Gasteiger partial charge in [0.05, 0.1) is 11.7 Å². The number of piperidine rings is 1. The van der Waals surface area contributed by atoms with E-state index in [4.69, 9.17) is 4.98 Å². The van der Waals surface area contributed by atoms with Crippen LogP contribution >= 0.6 is 0 Å². The Hall–Kier alpha value is -2.96. The first kappa shape index (κ1) is 22.2. The highest BCUT2D eigenvalue weighted by atomic mass is 16.1. The summed E-state index contributed by atoms with van der Waals surface area (Å²) < 4.78 is 1.79. The highest BCUT2D eigenvalue weighted by Gasteiger charge is 2.28. The van der Waals surface area contributed by atoms with E-state index in [1.165, 1.54) is 5.56 Å². The second-order valence-electron chi connectivity index (χ2n) is 10.3. The lowest BCUT2D eigenvalue weighted by Gasteiger charge is -2.31. The average Bonchev–Trinajstić information content (AvgIpc) is 3.19. The molecule has 0 spiro atoms. The summed E-state index contributed by atoms with van der Waals surface area (Å²) in [5.74, 6) is 1.36. The van der Waals surface area contributed by atoms with Crippen molar-refractivity contribution in [3.8, 4) is 0 Å². The van der Waals surface area contributed by atoms with E-state index in [1.54, 1.807) is 10.9 Å². The van der Waals surface area contributed by atoms with E-state index in [-0.39, 0.29) is 22.8 Å². The standard InChI is InChI=1S/C25H33N5O2/c1-16(2)14-17-6-8-18(9-7-17)21(31)19-10-12-29(13-11-19)24-27-22-20(23(32)28-24)15-26-30(22)25(3,4)5/h6-9,15-16,19H,10-14H2,1-5H3,(H,27,28,32). The Morgan fingerprint density at radius 2 is 1.81 bits per heavy atom. The molecule has 7 nitrogen and oxygen atoms in total. The van der Waals surface area contributed by atoms with Crippen molar-refractivity contribution in [2.24, 2.45) is 11.8 Å². The van der Waals surface area contributed by atoms with E-state index in [1.807, 2.05) is 32.9 Å². The van der Waals surface area contributed by atoms with Gasteiger partial charge in [0.15, 0.2) is 11.4 Å². The number of rotatable bonds is 5. The third-order valence-corrected chi connectivity index (χ3v) is 6.11. The molecule has 1 N–H and O–H groups in total. The number of carbonyl (C=O) groups is 1. The first-order chi connectivity index (χ1) is 15.1. The predicted octanol–water partition coefficient (Wildman–Crippen LogP) is 4.17. The summed E-state index contributed by atoms with van der Waals surface area (Å²) in [6.45, 7) is 11.9. The van der Waals surface area contributed by atoms with Gasteiger partial charge in [-0.1, -0.05) is 38.1 Å². The summed E-state index contributed by atoms with van der Waals surface area (Å²) >= 11 is 0. The van der Waals surface area contributed by atoms with E-state index < -0.39 is 0 Å². The molecule has 0 amide bonds. The van der Waals surface area contributed by atoms with Crippen LogP contribution in [0.4, 0.5) is 5.95 Å².